The molecule has 1 rings (SSSR count). The van der Waals surface area contributed by atoms with Crippen LogP contribution in [0.1, 0.15) is 20.8 Å². The maximum atomic E-state index is 12.6. The number of alkyl halides is 3. The fourth-order valence-corrected chi connectivity index (χ4v) is 2.59. The van der Waals surface area contributed by atoms with Gasteiger partial charge in [0.2, 0.25) is 0 Å². The molecule has 0 amide bonds. The molecule has 1 aliphatic rings. The molecular formula is C12H23F3N2O2S. The van der Waals surface area contributed by atoms with E-state index in [4.69, 9.17) is 0 Å². The summed E-state index contributed by atoms with van der Waals surface area (Å²) in [4.78, 5) is 3.31. The molecule has 1 saturated heterocycles. The maximum absolute atomic E-state index is 12.6. The molecule has 1 aliphatic heterocycles. The van der Waals surface area contributed by atoms with E-state index < -0.39 is 26.8 Å². The van der Waals surface area contributed by atoms with Crippen molar-refractivity contribution < 1.29 is 21.6 Å². The van der Waals surface area contributed by atoms with Crippen molar-refractivity contribution in [1.82, 2.24) is 9.80 Å². The molecule has 1 fully saturated rings. The van der Waals surface area contributed by atoms with Gasteiger partial charge in [-0.05, 0) is 20.8 Å². The molecule has 0 bridgehead atoms. The zero-order chi connectivity index (χ0) is 15.8. The SMILES string of the molecule is C[C@H](N1CCN(CC(C)(C)S(C)(=O)=O)CC1)C(F)(F)F. The fraction of sp³-hybridized carbons (Fsp3) is 1.00. The van der Waals surface area contributed by atoms with Crippen molar-refractivity contribution in [2.24, 2.45) is 0 Å². The van der Waals surface area contributed by atoms with Crippen LogP contribution in [0.2, 0.25) is 0 Å². The number of sulfone groups is 1. The monoisotopic (exact) mass is 316 g/mol. The van der Waals surface area contributed by atoms with Crippen LogP contribution in [-0.2, 0) is 9.84 Å². The number of hydrogen-bond acceptors (Lipinski definition) is 4. The van der Waals surface area contributed by atoms with E-state index in [-0.39, 0.29) is 0 Å². The molecule has 1 atom stereocenters. The highest BCUT2D eigenvalue weighted by molar-refractivity contribution is 7.92. The smallest absolute Gasteiger partial charge is 0.299 e. The van der Waals surface area contributed by atoms with Crippen LogP contribution >= 0.6 is 0 Å². The van der Waals surface area contributed by atoms with Crippen LogP contribution in [0.15, 0.2) is 0 Å². The molecule has 8 heteroatoms. The average molecular weight is 316 g/mol. The maximum Gasteiger partial charge on any atom is 0.403 e. The van der Waals surface area contributed by atoms with Crippen molar-refractivity contribution in [2.45, 2.75) is 37.7 Å². The third-order valence-corrected chi connectivity index (χ3v) is 6.17. The van der Waals surface area contributed by atoms with Crippen molar-refractivity contribution in [2.75, 3.05) is 39.0 Å². The number of rotatable bonds is 4. The Labute approximate surface area is 118 Å². The number of nitrogens with zero attached hydrogens (tertiary/aromatic N) is 2. The van der Waals surface area contributed by atoms with Gasteiger partial charge in [0.25, 0.3) is 0 Å². The molecule has 0 spiro atoms. The van der Waals surface area contributed by atoms with Crippen LogP contribution in [0, 0.1) is 0 Å². The number of halogens is 3. The second-order valence-electron chi connectivity index (χ2n) is 6.06. The summed E-state index contributed by atoms with van der Waals surface area (Å²) in [7, 11) is -3.19. The molecule has 4 nitrogen and oxygen atoms in total. The van der Waals surface area contributed by atoms with Crippen molar-refractivity contribution in [3.05, 3.63) is 0 Å². The quantitative estimate of drug-likeness (QED) is 0.786. The molecule has 0 aromatic rings. The normalized spacial score (nSPS) is 21.9. The van der Waals surface area contributed by atoms with Gasteiger partial charge in [-0.15, -0.1) is 0 Å². The second-order valence-corrected chi connectivity index (χ2v) is 8.71. The molecule has 20 heavy (non-hydrogen) atoms. The predicted molar refractivity (Wildman–Crippen MR) is 72.5 cm³/mol. The summed E-state index contributed by atoms with van der Waals surface area (Å²) in [6.07, 6.45) is -3.02. The largest absolute Gasteiger partial charge is 0.403 e. The standard InChI is InChI=1S/C12H23F3N2O2S/c1-10(12(13,14)15)17-7-5-16(6-8-17)9-11(2,3)20(4,18)19/h10H,5-9H2,1-4H3/t10-/m0/s1. The summed E-state index contributed by atoms with van der Waals surface area (Å²) >= 11 is 0. The Hall–Kier alpha value is -0.340. The van der Waals surface area contributed by atoms with Gasteiger partial charge in [-0.25, -0.2) is 8.42 Å². The molecule has 0 aromatic carbocycles. The van der Waals surface area contributed by atoms with Crippen molar-refractivity contribution in [3.63, 3.8) is 0 Å². The van der Waals surface area contributed by atoms with E-state index in [1.54, 1.807) is 13.8 Å². The highest BCUT2D eigenvalue weighted by Gasteiger charge is 2.41. The minimum Gasteiger partial charge on any atom is -0.299 e. The Bertz CT molecular complexity index is 426. The van der Waals surface area contributed by atoms with Gasteiger partial charge in [0.05, 0.1) is 4.75 Å². The molecule has 0 N–H and O–H groups in total. The second kappa shape index (κ2) is 5.81. The van der Waals surface area contributed by atoms with Crippen molar-refractivity contribution in [3.8, 4) is 0 Å². The van der Waals surface area contributed by atoms with E-state index >= 15 is 0 Å². The van der Waals surface area contributed by atoms with Gasteiger partial charge in [0.1, 0.15) is 6.04 Å². The molecular weight excluding hydrogens is 293 g/mol. The lowest BCUT2D eigenvalue weighted by atomic mass is 10.1. The van der Waals surface area contributed by atoms with Gasteiger partial charge in [0, 0.05) is 39.0 Å². The molecule has 0 aliphatic carbocycles. The summed E-state index contributed by atoms with van der Waals surface area (Å²) < 4.78 is 60.3. The third-order valence-electron chi connectivity index (χ3n) is 4.04. The Morgan fingerprint density at radius 3 is 1.90 bits per heavy atom. The van der Waals surface area contributed by atoms with Crippen molar-refractivity contribution in [1.29, 1.82) is 0 Å². The lowest BCUT2D eigenvalue weighted by Gasteiger charge is -2.40. The van der Waals surface area contributed by atoms with E-state index in [1.165, 1.54) is 11.2 Å². The lowest BCUT2D eigenvalue weighted by Crippen LogP contribution is -2.56. The number of hydrogen-bond donors (Lipinski definition) is 0. The number of piperazine rings is 1. The van der Waals surface area contributed by atoms with Crippen molar-refractivity contribution >= 4 is 9.84 Å². The van der Waals surface area contributed by atoms with E-state index in [0.717, 1.165) is 6.92 Å². The van der Waals surface area contributed by atoms with Crippen LogP contribution in [0.3, 0.4) is 0 Å². The third kappa shape index (κ3) is 4.33. The average Bonchev–Trinajstić information content (AvgIpc) is 2.26. The minimum atomic E-state index is -4.21. The highest BCUT2D eigenvalue weighted by Crippen LogP contribution is 2.26. The molecule has 1 heterocycles. The van der Waals surface area contributed by atoms with Crippen LogP contribution < -0.4 is 0 Å². The molecule has 0 aromatic heterocycles. The predicted octanol–water partition coefficient (Wildman–Crippen LogP) is 1.38. The Morgan fingerprint density at radius 2 is 1.55 bits per heavy atom. The Morgan fingerprint density at radius 1 is 1.10 bits per heavy atom. The minimum absolute atomic E-state index is 0.306. The first-order valence-electron chi connectivity index (χ1n) is 6.57. The highest BCUT2D eigenvalue weighted by atomic mass is 32.2. The van der Waals surface area contributed by atoms with E-state index in [1.807, 2.05) is 4.90 Å². The summed E-state index contributed by atoms with van der Waals surface area (Å²) in [6.45, 7) is 6.33. The fourth-order valence-electron chi connectivity index (χ4n) is 2.17. The summed E-state index contributed by atoms with van der Waals surface area (Å²) in [5, 5.41) is 0. The van der Waals surface area contributed by atoms with E-state index in [2.05, 4.69) is 0 Å². The summed E-state index contributed by atoms with van der Waals surface area (Å²) in [5.41, 5.74) is 0. The van der Waals surface area contributed by atoms with Crippen LogP contribution in [0.4, 0.5) is 13.2 Å². The van der Waals surface area contributed by atoms with Gasteiger partial charge in [-0.1, -0.05) is 0 Å². The molecule has 120 valence electrons. The zero-order valence-electron chi connectivity index (χ0n) is 12.4. The first-order chi connectivity index (χ1) is 8.84. The van der Waals surface area contributed by atoms with Crippen LogP contribution in [0.25, 0.3) is 0 Å². The van der Waals surface area contributed by atoms with Crippen LogP contribution in [0.5, 0.6) is 0 Å². The Kier molecular flexibility index (Phi) is 5.14. The van der Waals surface area contributed by atoms with Gasteiger partial charge >= 0.3 is 6.18 Å². The molecule has 0 unspecified atom stereocenters. The summed E-state index contributed by atoms with van der Waals surface area (Å²) in [5.74, 6) is 0. The van der Waals surface area contributed by atoms with E-state index in [9.17, 15) is 21.6 Å². The van der Waals surface area contributed by atoms with Gasteiger partial charge in [-0.3, -0.25) is 9.80 Å². The van der Waals surface area contributed by atoms with Crippen LogP contribution in [-0.4, -0.2) is 74.2 Å². The Balaban J connectivity index is 2.56. The first kappa shape index (κ1) is 17.7. The molecule has 0 saturated carbocycles. The first-order valence-corrected chi connectivity index (χ1v) is 8.46. The van der Waals surface area contributed by atoms with E-state index in [0.29, 0.717) is 32.7 Å². The molecule has 0 radical (unpaired) electrons. The van der Waals surface area contributed by atoms with Gasteiger partial charge in [0.15, 0.2) is 9.84 Å². The lowest BCUT2D eigenvalue weighted by molar-refractivity contribution is -0.182. The van der Waals surface area contributed by atoms with Gasteiger partial charge < -0.3 is 0 Å². The topological polar surface area (TPSA) is 40.6 Å². The summed E-state index contributed by atoms with van der Waals surface area (Å²) in [6, 6.07) is -1.45. The van der Waals surface area contributed by atoms with Gasteiger partial charge in [-0.2, -0.15) is 13.2 Å². The zero-order valence-corrected chi connectivity index (χ0v) is 13.2.